The van der Waals surface area contributed by atoms with Gasteiger partial charge in [-0.1, -0.05) is 17.7 Å². The standard InChI is InChI=1S/C20H25N3O2S/c1-14-5-4-6-17(13-14)19(24)23-18(9-12-26-3)20(25)22-15(2)16-7-10-21-11-8-16/h4-8,10-11,13,15,18H,9,12H2,1-3H3,(H,22,25)(H,23,24). The van der Waals surface area contributed by atoms with Crippen LogP contribution in [0.25, 0.3) is 0 Å². The van der Waals surface area contributed by atoms with Crippen LogP contribution >= 0.6 is 11.8 Å². The number of aromatic nitrogens is 1. The van der Waals surface area contributed by atoms with Gasteiger partial charge in [0.2, 0.25) is 5.91 Å². The zero-order valence-electron chi connectivity index (χ0n) is 15.4. The first-order chi connectivity index (χ1) is 12.5. The minimum absolute atomic E-state index is 0.154. The maximum atomic E-state index is 12.7. The number of rotatable bonds is 8. The summed E-state index contributed by atoms with van der Waals surface area (Å²) in [5.74, 6) is 0.381. The van der Waals surface area contributed by atoms with Crippen LogP contribution in [0.4, 0.5) is 0 Å². The summed E-state index contributed by atoms with van der Waals surface area (Å²) in [7, 11) is 0. The maximum absolute atomic E-state index is 12.7. The summed E-state index contributed by atoms with van der Waals surface area (Å²) in [5.41, 5.74) is 2.55. The SMILES string of the molecule is CSCCC(NC(=O)c1cccc(C)c1)C(=O)NC(C)c1ccncc1. The average Bonchev–Trinajstić information content (AvgIpc) is 2.65. The fourth-order valence-corrected chi connectivity index (χ4v) is 3.05. The molecular weight excluding hydrogens is 346 g/mol. The van der Waals surface area contributed by atoms with Gasteiger partial charge in [-0.15, -0.1) is 0 Å². The Morgan fingerprint density at radius 3 is 2.54 bits per heavy atom. The topological polar surface area (TPSA) is 71.1 Å². The first kappa shape index (κ1) is 20.0. The van der Waals surface area contributed by atoms with Gasteiger partial charge < -0.3 is 10.6 Å². The van der Waals surface area contributed by atoms with Crippen LogP contribution in [-0.2, 0) is 4.79 Å². The van der Waals surface area contributed by atoms with E-state index >= 15 is 0 Å². The van der Waals surface area contributed by atoms with Crippen LogP contribution in [0.15, 0.2) is 48.8 Å². The first-order valence-electron chi connectivity index (χ1n) is 8.58. The Morgan fingerprint density at radius 2 is 1.88 bits per heavy atom. The average molecular weight is 372 g/mol. The van der Waals surface area contributed by atoms with E-state index in [0.717, 1.165) is 16.9 Å². The number of nitrogens with one attached hydrogen (secondary N) is 2. The van der Waals surface area contributed by atoms with Gasteiger partial charge in [0.1, 0.15) is 6.04 Å². The molecule has 2 aromatic rings. The van der Waals surface area contributed by atoms with Crippen molar-refractivity contribution in [2.75, 3.05) is 12.0 Å². The van der Waals surface area contributed by atoms with Crippen molar-refractivity contribution in [1.29, 1.82) is 0 Å². The summed E-state index contributed by atoms with van der Waals surface area (Å²) < 4.78 is 0. The van der Waals surface area contributed by atoms with Crippen LogP contribution in [-0.4, -0.2) is 34.8 Å². The van der Waals surface area contributed by atoms with Crippen LogP contribution in [0.3, 0.4) is 0 Å². The summed E-state index contributed by atoms with van der Waals surface area (Å²) in [6.07, 6.45) is 5.95. The van der Waals surface area contributed by atoms with Crippen molar-refractivity contribution in [2.45, 2.75) is 32.4 Å². The van der Waals surface area contributed by atoms with E-state index in [1.165, 1.54) is 0 Å². The number of hydrogen-bond acceptors (Lipinski definition) is 4. The second-order valence-electron chi connectivity index (χ2n) is 6.19. The van der Waals surface area contributed by atoms with Crippen molar-refractivity contribution >= 4 is 23.6 Å². The molecule has 2 N–H and O–H groups in total. The van der Waals surface area contributed by atoms with E-state index in [2.05, 4.69) is 15.6 Å². The van der Waals surface area contributed by atoms with E-state index in [0.29, 0.717) is 12.0 Å². The molecule has 1 aromatic carbocycles. The monoisotopic (exact) mass is 371 g/mol. The van der Waals surface area contributed by atoms with E-state index in [1.54, 1.807) is 30.2 Å². The largest absolute Gasteiger partial charge is 0.348 e. The number of carbonyl (C=O) groups is 2. The van der Waals surface area contributed by atoms with Crippen LogP contribution < -0.4 is 10.6 Å². The van der Waals surface area contributed by atoms with Crippen molar-refractivity contribution in [1.82, 2.24) is 15.6 Å². The van der Waals surface area contributed by atoms with E-state index in [9.17, 15) is 9.59 Å². The maximum Gasteiger partial charge on any atom is 0.251 e. The van der Waals surface area contributed by atoms with Gasteiger partial charge in [0.05, 0.1) is 6.04 Å². The zero-order valence-corrected chi connectivity index (χ0v) is 16.2. The summed E-state index contributed by atoms with van der Waals surface area (Å²) in [6, 6.07) is 10.4. The molecule has 138 valence electrons. The molecule has 2 unspecified atom stereocenters. The molecule has 0 bridgehead atoms. The lowest BCUT2D eigenvalue weighted by atomic mass is 10.1. The molecule has 2 amide bonds. The fraction of sp³-hybridized carbons (Fsp3) is 0.350. The lowest BCUT2D eigenvalue weighted by molar-refractivity contribution is -0.123. The van der Waals surface area contributed by atoms with Crippen molar-refractivity contribution in [2.24, 2.45) is 0 Å². The molecule has 0 spiro atoms. The van der Waals surface area contributed by atoms with E-state index in [-0.39, 0.29) is 17.9 Å². The van der Waals surface area contributed by atoms with Crippen molar-refractivity contribution in [3.05, 3.63) is 65.5 Å². The lowest BCUT2D eigenvalue weighted by Crippen LogP contribution is -2.47. The van der Waals surface area contributed by atoms with E-state index < -0.39 is 6.04 Å². The molecule has 1 aromatic heterocycles. The molecule has 0 fully saturated rings. The summed E-state index contributed by atoms with van der Waals surface area (Å²) in [4.78, 5) is 29.2. The second kappa shape index (κ2) is 9.97. The quantitative estimate of drug-likeness (QED) is 0.748. The molecule has 6 heteroatoms. The highest BCUT2D eigenvalue weighted by atomic mass is 32.2. The van der Waals surface area contributed by atoms with E-state index in [4.69, 9.17) is 0 Å². The summed E-state index contributed by atoms with van der Waals surface area (Å²) in [6.45, 7) is 3.85. The minimum Gasteiger partial charge on any atom is -0.348 e. The van der Waals surface area contributed by atoms with Gasteiger partial charge in [0.15, 0.2) is 0 Å². The smallest absolute Gasteiger partial charge is 0.251 e. The lowest BCUT2D eigenvalue weighted by Gasteiger charge is -2.21. The van der Waals surface area contributed by atoms with Crippen molar-refractivity contribution < 1.29 is 9.59 Å². The van der Waals surface area contributed by atoms with Gasteiger partial charge in [0.25, 0.3) is 5.91 Å². The van der Waals surface area contributed by atoms with Gasteiger partial charge in [-0.25, -0.2) is 0 Å². The number of amides is 2. The van der Waals surface area contributed by atoms with Crippen LogP contribution in [0.5, 0.6) is 0 Å². The first-order valence-corrected chi connectivity index (χ1v) is 9.97. The molecule has 0 aliphatic heterocycles. The summed E-state index contributed by atoms with van der Waals surface area (Å²) in [5, 5.41) is 5.86. The Morgan fingerprint density at radius 1 is 1.15 bits per heavy atom. The zero-order chi connectivity index (χ0) is 18.9. The van der Waals surface area contributed by atoms with Gasteiger partial charge in [-0.3, -0.25) is 14.6 Å². The van der Waals surface area contributed by atoms with Crippen molar-refractivity contribution in [3.63, 3.8) is 0 Å². The Balaban J connectivity index is 2.05. The highest BCUT2D eigenvalue weighted by Crippen LogP contribution is 2.12. The number of nitrogens with zero attached hydrogens (tertiary/aromatic N) is 1. The molecule has 1 heterocycles. The Labute approximate surface area is 159 Å². The molecule has 5 nitrogen and oxygen atoms in total. The molecule has 0 saturated carbocycles. The number of hydrogen-bond donors (Lipinski definition) is 2. The van der Waals surface area contributed by atoms with Crippen molar-refractivity contribution in [3.8, 4) is 0 Å². The Kier molecular flexibility index (Phi) is 7.66. The van der Waals surface area contributed by atoms with Gasteiger partial charge in [-0.05, 0) is 62.1 Å². The third-order valence-corrected chi connectivity index (χ3v) is 4.72. The molecular formula is C20H25N3O2S. The van der Waals surface area contributed by atoms with Crippen LogP contribution in [0.1, 0.15) is 40.9 Å². The predicted octanol–water partition coefficient (Wildman–Crippen LogP) is 3.12. The van der Waals surface area contributed by atoms with Crippen LogP contribution in [0, 0.1) is 6.92 Å². The molecule has 0 saturated heterocycles. The predicted molar refractivity (Wildman–Crippen MR) is 106 cm³/mol. The van der Waals surface area contributed by atoms with E-state index in [1.807, 2.05) is 50.4 Å². The number of carbonyl (C=O) groups excluding carboxylic acids is 2. The Bertz CT molecular complexity index is 737. The van der Waals surface area contributed by atoms with Crippen LogP contribution in [0.2, 0.25) is 0 Å². The normalized spacial score (nSPS) is 12.9. The highest BCUT2D eigenvalue weighted by molar-refractivity contribution is 7.98. The minimum atomic E-state index is -0.570. The molecule has 0 aliphatic rings. The molecule has 0 aliphatic carbocycles. The highest BCUT2D eigenvalue weighted by Gasteiger charge is 2.22. The third-order valence-electron chi connectivity index (χ3n) is 4.08. The molecule has 0 radical (unpaired) electrons. The van der Waals surface area contributed by atoms with Gasteiger partial charge >= 0.3 is 0 Å². The molecule has 2 atom stereocenters. The van der Waals surface area contributed by atoms with Gasteiger partial charge in [-0.2, -0.15) is 11.8 Å². The second-order valence-corrected chi connectivity index (χ2v) is 7.17. The number of aryl methyl sites for hydroxylation is 1. The fourth-order valence-electron chi connectivity index (χ4n) is 2.58. The number of pyridine rings is 1. The number of benzene rings is 1. The summed E-state index contributed by atoms with van der Waals surface area (Å²) >= 11 is 1.65. The number of thioether (sulfide) groups is 1. The van der Waals surface area contributed by atoms with Gasteiger partial charge in [0, 0.05) is 18.0 Å². The third kappa shape index (κ3) is 5.88. The Hall–Kier alpha value is -2.34. The molecule has 2 rings (SSSR count). The molecule has 26 heavy (non-hydrogen) atoms.